The minimum absolute atomic E-state index is 0.00312. The molecule has 0 saturated carbocycles. The van der Waals surface area contributed by atoms with E-state index in [-0.39, 0.29) is 22.5 Å². The molecule has 0 spiro atoms. The van der Waals surface area contributed by atoms with E-state index in [0.717, 1.165) is 4.47 Å². The first-order chi connectivity index (χ1) is 13.5. The van der Waals surface area contributed by atoms with Crippen LogP contribution >= 0.6 is 27.3 Å². The number of benzene rings is 2. The first-order valence-electron chi connectivity index (χ1n) is 8.33. The molecule has 6 nitrogen and oxygen atoms in total. The number of nitrogens with zero attached hydrogens (tertiary/aromatic N) is 2. The molecular weight excluding hydrogens is 444 g/mol. The zero-order valence-electron chi connectivity index (χ0n) is 14.1. The first kappa shape index (κ1) is 17.2. The molecule has 4 aromatic rings. The van der Waals surface area contributed by atoms with Crippen LogP contribution in [-0.4, -0.2) is 16.0 Å². The van der Waals surface area contributed by atoms with Gasteiger partial charge < -0.3 is 9.52 Å². The van der Waals surface area contributed by atoms with Crippen LogP contribution in [0.4, 0.5) is 5.13 Å². The number of carbonyl (C=O) groups is 1. The Labute approximate surface area is 170 Å². The van der Waals surface area contributed by atoms with Gasteiger partial charge in [0.2, 0.25) is 5.76 Å². The van der Waals surface area contributed by atoms with Crippen molar-refractivity contribution in [2.75, 3.05) is 4.90 Å². The van der Waals surface area contributed by atoms with E-state index in [2.05, 4.69) is 20.9 Å². The number of amides is 1. The van der Waals surface area contributed by atoms with Crippen molar-refractivity contribution in [2.45, 2.75) is 6.04 Å². The molecule has 1 aliphatic rings. The molecule has 8 heteroatoms. The SMILES string of the molecule is O=C1c2oc3ccc(Br)cc3c(=O)c2C(c2cccc(O)c2)N1c1nccs1. The van der Waals surface area contributed by atoms with Crippen LogP contribution in [-0.2, 0) is 0 Å². The summed E-state index contributed by atoms with van der Waals surface area (Å²) in [6.07, 6.45) is 1.60. The summed E-state index contributed by atoms with van der Waals surface area (Å²) in [4.78, 5) is 32.3. The first-order valence-corrected chi connectivity index (χ1v) is 10.00. The molecule has 1 atom stereocenters. The van der Waals surface area contributed by atoms with Crippen LogP contribution in [0.15, 0.2) is 67.7 Å². The second kappa shape index (κ2) is 6.29. The normalized spacial score (nSPS) is 16.0. The highest BCUT2D eigenvalue weighted by Crippen LogP contribution is 2.42. The predicted molar refractivity (Wildman–Crippen MR) is 109 cm³/mol. The maximum absolute atomic E-state index is 13.4. The van der Waals surface area contributed by atoms with Crippen LogP contribution in [0.2, 0.25) is 0 Å². The lowest BCUT2D eigenvalue weighted by Gasteiger charge is -2.22. The third-order valence-corrected chi connectivity index (χ3v) is 5.91. The highest BCUT2D eigenvalue weighted by Gasteiger charge is 2.44. The van der Waals surface area contributed by atoms with Gasteiger partial charge in [0.05, 0.1) is 17.0 Å². The average molecular weight is 455 g/mol. The van der Waals surface area contributed by atoms with Gasteiger partial charge in [-0.05, 0) is 35.9 Å². The number of halogens is 1. The van der Waals surface area contributed by atoms with Crippen molar-refractivity contribution in [3.63, 3.8) is 0 Å². The quantitative estimate of drug-likeness (QED) is 0.483. The Hall–Kier alpha value is -2.97. The fourth-order valence-electron chi connectivity index (χ4n) is 3.49. The van der Waals surface area contributed by atoms with Gasteiger partial charge in [0.15, 0.2) is 10.6 Å². The Bertz CT molecular complexity index is 1300. The Morgan fingerprint density at radius 1 is 1.18 bits per heavy atom. The standard InChI is InChI=1S/C20H11BrN2O4S/c21-11-4-5-14-13(9-11)17(25)15-16(10-2-1-3-12(24)8-10)23(19(26)18(15)27-14)20-22-6-7-28-20/h1-9,16,24H. The van der Waals surface area contributed by atoms with Gasteiger partial charge in [-0.25, -0.2) is 4.98 Å². The minimum atomic E-state index is -0.736. The monoisotopic (exact) mass is 454 g/mol. The van der Waals surface area contributed by atoms with Gasteiger partial charge >= 0.3 is 0 Å². The van der Waals surface area contributed by atoms with E-state index in [0.29, 0.717) is 21.7 Å². The summed E-state index contributed by atoms with van der Waals surface area (Å²) in [5, 5.41) is 12.5. The molecule has 1 unspecified atom stereocenters. The number of thiazole rings is 1. The summed E-state index contributed by atoms with van der Waals surface area (Å²) in [6.45, 7) is 0. The van der Waals surface area contributed by atoms with Crippen LogP contribution in [0.1, 0.15) is 27.7 Å². The van der Waals surface area contributed by atoms with Crippen LogP contribution in [0.5, 0.6) is 5.75 Å². The fraction of sp³-hybridized carbons (Fsp3) is 0.0500. The number of aromatic nitrogens is 1. The molecule has 1 N–H and O–H groups in total. The molecule has 0 fully saturated rings. The van der Waals surface area contributed by atoms with Gasteiger partial charge in [-0.2, -0.15) is 0 Å². The highest BCUT2D eigenvalue weighted by molar-refractivity contribution is 9.10. The number of carbonyl (C=O) groups excluding carboxylic acids is 1. The van der Waals surface area contributed by atoms with Gasteiger partial charge in [0, 0.05) is 16.0 Å². The molecule has 5 rings (SSSR count). The van der Waals surface area contributed by atoms with Crippen LogP contribution < -0.4 is 10.3 Å². The van der Waals surface area contributed by atoms with Crippen LogP contribution in [0.25, 0.3) is 11.0 Å². The predicted octanol–water partition coefficient (Wildman–Crippen LogP) is 4.47. The molecule has 28 heavy (non-hydrogen) atoms. The van der Waals surface area contributed by atoms with E-state index >= 15 is 0 Å². The average Bonchev–Trinajstić information content (AvgIpc) is 3.29. The van der Waals surface area contributed by atoms with Gasteiger partial charge in [-0.1, -0.05) is 28.1 Å². The van der Waals surface area contributed by atoms with Gasteiger partial charge in [0.1, 0.15) is 11.3 Å². The number of hydrogen-bond acceptors (Lipinski definition) is 6. The number of rotatable bonds is 2. The number of phenols is 1. The van der Waals surface area contributed by atoms with Gasteiger partial charge in [-0.3, -0.25) is 14.5 Å². The lowest BCUT2D eigenvalue weighted by atomic mass is 9.98. The Kier molecular flexibility index (Phi) is 3.85. The molecule has 2 aromatic heterocycles. The van der Waals surface area contributed by atoms with Gasteiger partial charge in [-0.15, -0.1) is 11.3 Å². The number of anilines is 1. The third-order valence-electron chi connectivity index (χ3n) is 4.64. The summed E-state index contributed by atoms with van der Waals surface area (Å²) in [6, 6.07) is 10.9. The van der Waals surface area contributed by atoms with E-state index in [1.54, 1.807) is 41.9 Å². The zero-order chi connectivity index (χ0) is 19.4. The third kappa shape index (κ3) is 2.49. The number of fused-ring (bicyclic) bond motifs is 2. The van der Waals surface area contributed by atoms with Crippen molar-refractivity contribution in [3.05, 3.63) is 85.6 Å². The lowest BCUT2D eigenvalue weighted by molar-refractivity contribution is 0.0971. The summed E-state index contributed by atoms with van der Waals surface area (Å²) < 4.78 is 6.60. The topological polar surface area (TPSA) is 83.6 Å². The second-order valence-electron chi connectivity index (χ2n) is 6.30. The van der Waals surface area contributed by atoms with Crippen molar-refractivity contribution < 1.29 is 14.3 Å². The largest absolute Gasteiger partial charge is 0.508 e. The summed E-state index contributed by atoms with van der Waals surface area (Å²) >= 11 is 4.66. The van der Waals surface area contributed by atoms with Gasteiger partial charge in [0.25, 0.3) is 5.91 Å². The second-order valence-corrected chi connectivity index (χ2v) is 8.09. The van der Waals surface area contributed by atoms with Crippen LogP contribution in [0, 0.1) is 0 Å². The fourth-order valence-corrected chi connectivity index (χ4v) is 4.52. The summed E-state index contributed by atoms with van der Waals surface area (Å²) in [7, 11) is 0. The Morgan fingerprint density at radius 2 is 2.04 bits per heavy atom. The van der Waals surface area contributed by atoms with E-state index in [1.807, 2.05) is 0 Å². The molecule has 2 aromatic carbocycles. The zero-order valence-corrected chi connectivity index (χ0v) is 16.5. The Morgan fingerprint density at radius 3 is 2.79 bits per heavy atom. The van der Waals surface area contributed by atoms with E-state index in [9.17, 15) is 14.7 Å². The molecule has 0 bridgehead atoms. The number of phenolic OH excluding ortho intramolecular Hbond substituents is 1. The minimum Gasteiger partial charge on any atom is -0.508 e. The number of aromatic hydroxyl groups is 1. The number of hydrogen-bond donors (Lipinski definition) is 1. The van der Waals surface area contributed by atoms with E-state index < -0.39 is 11.9 Å². The molecule has 0 saturated heterocycles. The van der Waals surface area contributed by atoms with E-state index in [4.69, 9.17) is 4.42 Å². The molecule has 0 aliphatic carbocycles. The van der Waals surface area contributed by atoms with Crippen molar-refractivity contribution >= 4 is 49.3 Å². The maximum Gasteiger partial charge on any atom is 0.297 e. The molecule has 0 radical (unpaired) electrons. The smallest absolute Gasteiger partial charge is 0.297 e. The summed E-state index contributed by atoms with van der Waals surface area (Å²) in [5.41, 5.74) is 0.912. The van der Waals surface area contributed by atoms with Crippen molar-refractivity contribution in [3.8, 4) is 5.75 Å². The molecule has 1 amide bonds. The van der Waals surface area contributed by atoms with Crippen LogP contribution in [0.3, 0.4) is 0 Å². The van der Waals surface area contributed by atoms with Crippen molar-refractivity contribution in [1.29, 1.82) is 0 Å². The summed E-state index contributed by atoms with van der Waals surface area (Å²) in [5.74, 6) is -0.381. The molecule has 1 aliphatic heterocycles. The maximum atomic E-state index is 13.4. The van der Waals surface area contributed by atoms with Crippen molar-refractivity contribution in [2.24, 2.45) is 0 Å². The molecular formula is C20H11BrN2O4S. The molecule has 3 heterocycles. The highest BCUT2D eigenvalue weighted by atomic mass is 79.9. The lowest BCUT2D eigenvalue weighted by Crippen LogP contribution is -2.29. The van der Waals surface area contributed by atoms with Crippen molar-refractivity contribution in [1.82, 2.24) is 4.98 Å². The van der Waals surface area contributed by atoms with E-state index in [1.165, 1.54) is 28.4 Å². The molecule has 138 valence electrons. The Balaban J connectivity index is 1.85.